The number of urea groups is 1. The minimum absolute atomic E-state index is 0.180. The molecule has 2 aromatic carbocycles. The molecule has 7 heteroatoms. The molecule has 30 heavy (non-hydrogen) atoms. The normalized spacial score (nSPS) is 11.1. The smallest absolute Gasteiger partial charge is 0.322 e. The largest absolute Gasteiger partial charge is 0.338 e. The number of amides is 2. The molecule has 0 saturated heterocycles. The summed E-state index contributed by atoms with van der Waals surface area (Å²) in [6, 6.07) is 11.2. The number of aromatic amines is 1. The van der Waals surface area contributed by atoms with Crippen LogP contribution in [0.5, 0.6) is 0 Å². The van der Waals surface area contributed by atoms with Crippen molar-refractivity contribution in [2.45, 2.75) is 20.4 Å². The van der Waals surface area contributed by atoms with Crippen LogP contribution in [0.1, 0.15) is 16.7 Å². The number of H-pyrrole nitrogens is 1. The first-order valence-corrected chi connectivity index (χ1v) is 9.97. The number of likely N-dealkylation sites (N-methyl/N-ethyl adjacent to an activating group) is 1. The second kappa shape index (κ2) is 9.09. The molecule has 6 nitrogen and oxygen atoms in total. The highest BCUT2D eigenvalue weighted by molar-refractivity contribution is 5.89. The van der Waals surface area contributed by atoms with E-state index < -0.39 is 0 Å². The van der Waals surface area contributed by atoms with Gasteiger partial charge in [0.2, 0.25) is 0 Å². The molecule has 0 bridgehead atoms. The Morgan fingerprint density at radius 1 is 1.10 bits per heavy atom. The zero-order valence-electron chi connectivity index (χ0n) is 17.8. The Hall–Kier alpha value is -3.19. The number of fused-ring (bicyclic) bond motifs is 1. The number of halogens is 1. The van der Waals surface area contributed by atoms with Gasteiger partial charge in [-0.15, -0.1) is 0 Å². The van der Waals surface area contributed by atoms with E-state index in [9.17, 15) is 14.0 Å². The van der Waals surface area contributed by atoms with E-state index in [1.165, 1.54) is 29.2 Å². The highest BCUT2D eigenvalue weighted by atomic mass is 19.1. The number of aromatic nitrogens is 1. The van der Waals surface area contributed by atoms with Crippen LogP contribution in [0.3, 0.4) is 0 Å². The zero-order valence-corrected chi connectivity index (χ0v) is 17.8. The van der Waals surface area contributed by atoms with E-state index >= 15 is 0 Å². The molecule has 2 amide bonds. The molecule has 0 aliphatic heterocycles. The van der Waals surface area contributed by atoms with Gasteiger partial charge in [0.1, 0.15) is 5.82 Å². The maximum absolute atomic E-state index is 13.1. The number of carbonyl (C=O) groups is 1. The summed E-state index contributed by atoms with van der Waals surface area (Å²) in [7, 11) is 4.01. The molecule has 0 atom stereocenters. The van der Waals surface area contributed by atoms with E-state index in [1.807, 2.05) is 46.1 Å². The number of nitrogens with one attached hydrogen (secondary N) is 3. The van der Waals surface area contributed by atoms with Crippen LogP contribution < -0.4 is 15.8 Å². The average molecular weight is 412 g/mol. The lowest BCUT2D eigenvalue weighted by Crippen LogP contribution is -3.06. The molecule has 1 heterocycles. The van der Waals surface area contributed by atoms with Crippen LogP contribution in [0, 0.1) is 19.7 Å². The Balaban J connectivity index is 1.89. The van der Waals surface area contributed by atoms with Crippen LogP contribution >= 0.6 is 0 Å². The van der Waals surface area contributed by atoms with E-state index in [-0.39, 0.29) is 24.0 Å². The Morgan fingerprint density at radius 3 is 2.43 bits per heavy atom. The Morgan fingerprint density at radius 2 is 1.77 bits per heavy atom. The molecule has 0 aliphatic carbocycles. The molecule has 3 aromatic rings. The molecule has 0 spiro atoms. The highest BCUT2D eigenvalue weighted by Crippen LogP contribution is 2.20. The van der Waals surface area contributed by atoms with Crippen LogP contribution in [0.2, 0.25) is 0 Å². The van der Waals surface area contributed by atoms with Crippen LogP contribution in [0.4, 0.5) is 14.9 Å². The van der Waals surface area contributed by atoms with Crippen molar-refractivity contribution in [2.24, 2.45) is 0 Å². The van der Waals surface area contributed by atoms with Gasteiger partial charge in [0.05, 0.1) is 39.2 Å². The van der Waals surface area contributed by atoms with Gasteiger partial charge in [0.15, 0.2) is 0 Å². The first-order chi connectivity index (χ1) is 14.2. The second-order valence-electron chi connectivity index (χ2n) is 7.93. The number of nitrogens with zero attached hydrogens (tertiary/aromatic N) is 1. The number of benzene rings is 2. The number of quaternary nitrogens is 1. The fourth-order valence-corrected chi connectivity index (χ4v) is 3.29. The van der Waals surface area contributed by atoms with Gasteiger partial charge in [-0.1, -0.05) is 12.1 Å². The van der Waals surface area contributed by atoms with Crippen molar-refractivity contribution in [1.82, 2.24) is 9.88 Å². The van der Waals surface area contributed by atoms with Crippen LogP contribution in [-0.4, -0.2) is 43.1 Å². The third-order valence-electron chi connectivity index (χ3n) is 5.15. The Kier molecular flexibility index (Phi) is 6.52. The summed E-state index contributed by atoms with van der Waals surface area (Å²) in [6.07, 6.45) is 0. The Bertz CT molecular complexity index is 1110. The molecule has 3 N–H and O–H groups in total. The van der Waals surface area contributed by atoms with Crippen molar-refractivity contribution >= 4 is 22.6 Å². The number of anilines is 1. The first-order valence-electron chi connectivity index (χ1n) is 9.97. The number of carbonyl (C=O) groups excluding carboxylic acids is 1. The van der Waals surface area contributed by atoms with Gasteiger partial charge >= 0.3 is 6.03 Å². The SMILES string of the molecule is Cc1ccc(C)c2[nH]c(=O)c(CN(CC[NH+](C)C)C(=O)Nc3ccc(F)cc3)cc12. The molecule has 1 aromatic heterocycles. The van der Waals surface area contributed by atoms with Crippen LogP contribution in [0.15, 0.2) is 47.3 Å². The third kappa shape index (κ3) is 5.04. The zero-order chi connectivity index (χ0) is 21.8. The van der Waals surface area contributed by atoms with E-state index in [2.05, 4.69) is 10.3 Å². The van der Waals surface area contributed by atoms with Crippen LogP contribution in [0.25, 0.3) is 10.9 Å². The molecule has 0 aliphatic rings. The number of hydrogen-bond acceptors (Lipinski definition) is 2. The maximum atomic E-state index is 13.1. The van der Waals surface area contributed by atoms with E-state index in [1.54, 1.807) is 4.90 Å². The quantitative estimate of drug-likeness (QED) is 0.583. The number of aryl methyl sites for hydroxylation is 2. The lowest BCUT2D eigenvalue weighted by atomic mass is 10.0. The predicted octanol–water partition coefficient (Wildman–Crippen LogP) is 2.46. The van der Waals surface area contributed by atoms with Gasteiger partial charge in [-0.3, -0.25) is 4.79 Å². The number of rotatable bonds is 6. The van der Waals surface area contributed by atoms with Gasteiger partial charge in [-0.05, 0) is 55.3 Å². The summed E-state index contributed by atoms with van der Waals surface area (Å²) < 4.78 is 13.1. The number of hydrogen-bond donors (Lipinski definition) is 3. The number of pyridine rings is 1. The molecule has 0 fully saturated rings. The molecule has 0 saturated carbocycles. The van der Waals surface area contributed by atoms with Gasteiger partial charge in [0, 0.05) is 16.6 Å². The van der Waals surface area contributed by atoms with Crippen molar-refractivity contribution in [3.05, 3.63) is 75.3 Å². The first kappa shape index (κ1) is 21.5. The standard InChI is InChI=1S/C23H27FN4O2/c1-15-5-6-16(2)21-20(15)13-17(22(29)26-21)14-28(12-11-27(3)4)23(30)25-19-9-7-18(24)8-10-19/h5-10,13H,11-12,14H2,1-4H3,(H,25,30)(H,26,29)/p+1. The lowest BCUT2D eigenvalue weighted by Gasteiger charge is -2.24. The molecule has 158 valence electrons. The molecular weight excluding hydrogens is 383 g/mol. The van der Waals surface area contributed by atoms with Crippen molar-refractivity contribution in [3.8, 4) is 0 Å². The summed E-state index contributed by atoms with van der Waals surface area (Å²) in [5.74, 6) is -0.366. The van der Waals surface area contributed by atoms with Crippen molar-refractivity contribution in [1.29, 1.82) is 0 Å². The third-order valence-corrected chi connectivity index (χ3v) is 5.15. The minimum Gasteiger partial charge on any atom is -0.338 e. The van der Waals surface area contributed by atoms with Gasteiger partial charge in [-0.2, -0.15) is 0 Å². The fourth-order valence-electron chi connectivity index (χ4n) is 3.29. The maximum Gasteiger partial charge on any atom is 0.322 e. The second-order valence-corrected chi connectivity index (χ2v) is 7.93. The molecular formula is C23H28FN4O2+. The van der Waals surface area contributed by atoms with Crippen molar-refractivity contribution in [2.75, 3.05) is 32.5 Å². The van der Waals surface area contributed by atoms with Crippen molar-refractivity contribution in [3.63, 3.8) is 0 Å². The molecule has 0 unspecified atom stereocenters. The molecule has 3 rings (SSSR count). The monoisotopic (exact) mass is 411 g/mol. The summed E-state index contributed by atoms with van der Waals surface area (Å²) in [4.78, 5) is 31.4. The minimum atomic E-state index is -0.366. The van der Waals surface area contributed by atoms with Gasteiger partial charge in [-0.25, -0.2) is 9.18 Å². The average Bonchev–Trinajstić information content (AvgIpc) is 2.70. The Labute approximate surface area is 175 Å². The lowest BCUT2D eigenvalue weighted by molar-refractivity contribution is -0.857. The molecule has 0 radical (unpaired) electrons. The topological polar surface area (TPSA) is 69.6 Å². The summed E-state index contributed by atoms with van der Waals surface area (Å²) in [5.41, 5.74) is 3.72. The van der Waals surface area contributed by atoms with Crippen molar-refractivity contribution < 1.29 is 14.1 Å². The van der Waals surface area contributed by atoms with Crippen LogP contribution in [-0.2, 0) is 6.54 Å². The predicted molar refractivity (Wildman–Crippen MR) is 118 cm³/mol. The summed E-state index contributed by atoms with van der Waals surface area (Å²) in [6.45, 7) is 5.33. The van der Waals surface area contributed by atoms with E-state index in [0.29, 0.717) is 17.8 Å². The highest BCUT2D eigenvalue weighted by Gasteiger charge is 2.18. The fraction of sp³-hybridized carbons (Fsp3) is 0.304. The van der Waals surface area contributed by atoms with E-state index in [0.717, 1.165) is 28.6 Å². The summed E-state index contributed by atoms with van der Waals surface area (Å²) in [5, 5.41) is 3.76. The van der Waals surface area contributed by atoms with E-state index in [4.69, 9.17) is 0 Å². The summed E-state index contributed by atoms with van der Waals surface area (Å²) >= 11 is 0. The van der Waals surface area contributed by atoms with Gasteiger partial charge < -0.3 is 20.1 Å². The van der Waals surface area contributed by atoms with Gasteiger partial charge in [0.25, 0.3) is 5.56 Å².